The second-order valence-electron chi connectivity index (χ2n) is 10.4. The predicted octanol–water partition coefficient (Wildman–Crippen LogP) is 3.36. The molecule has 1 atom stereocenters. The molecule has 9 nitrogen and oxygen atoms in total. The standard InChI is InChI=1S/C28H30N2O7/c1-6-16-17-10-15(35-14-23(31)37-27(3,4)5)8-9-21(17)29-24-18(16)12-30-22(24)11-20-19(25(30)32)13-36-26(33)28(20,34)7-2/h8-11,34H,6-7,12-14H2,1-5H3/t28-/m0/s1. The van der Waals surface area contributed by atoms with Gasteiger partial charge >= 0.3 is 11.9 Å². The highest BCUT2D eigenvalue weighted by Crippen LogP contribution is 2.40. The van der Waals surface area contributed by atoms with Gasteiger partial charge < -0.3 is 23.9 Å². The first kappa shape index (κ1) is 25.0. The van der Waals surface area contributed by atoms with Crippen LogP contribution in [-0.2, 0) is 44.2 Å². The summed E-state index contributed by atoms with van der Waals surface area (Å²) in [6, 6.07) is 7.12. The van der Waals surface area contributed by atoms with Crippen molar-refractivity contribution in [2.75, 3.05) is 6.61 Å². The molecule has 0 unspecified atom stereocenters. The van der Waals surface area contributed by atoms with Gasteiger partial charge in [-0.2, -0.15) is 0 Å². The Hall–Kier alpha value is -3.72. The van der Waals surface area contributed by atoms with Crippen molar-refractivity contribution in [2.24, 2.45) is 0 Å². The Balaban J connectivity index is 1.57. The predicted molar refractivity (Wildman–Crippen MR) is 135 cm³/mol. The van der Waals surface area contributed by atoms with E-state index in [9.17, 15) is 19.5 Å². The molecular weight excluding hydrogens is 476 g/mol. The minimum Gasteiger partial charge on any atom is -0.482 e. The highest BCUT2D eigenvalue weighted by Gasteiger charge is 2.45. The van der Waals surface area contributed by atoms with Crippen molar-refractivity contribution in [1.29, 1.82) is 0 Å². The average molecular weight is 507 g/mol. The number of hydrogen-bond acceptors (Lipinski definition) is 8. The van der Waals surface area contributed by atoms with E-state index in [1.807, 2.05) is 19.1 Å². The van der Waals surface area contributed by atoms with Gasteiger partial charge in [0.15, 0.2) is 12.2 Å². The van der Waals surface area contributed by atoms with Crippen LogP contribution in [0.2, 0.25) is 0 Å². The van der Waals surface area contributed by atoms with E-state index in [0.29, 0.717) is 46.7 Å². The van der Waals surface area contributed by atoms with Crippen LogP contribution >= 0.6 is 0 Å². The summed E-state index contributed by atoms with van der Waals surface area (Å²) in [6.45, 7) is 9.05. The summed E-state index contributed by atoms with van der Waals surface area (Å²) in [5, 5.41) is 11.9. The third-order valence-corrected chi connectivity index (χ3v) is 6.91. The molecule has 1 N–H and O–H groups in total. The van der Waals surface area contributed by atoms with E-state index in [-0.39, 0.29) is 25.2 Å². The number of fused-ring (bicyclic) bond motifs is 5. The van der Waals surface area contributed by atoms with Gasteiger partial charge in [0.1, 0.15) is 18.0 Å². The molecule has 0 amide bonds. The molecule has 9 heteroatoms. The van der Waals surface area contributed by atoms with Crippen molar-refractivity contribution in [1.82, 2.24) is 9.55 Å². The fourth-order valence-corrected chi connectivity index (χ4v) is 5.15. The minimum atomic E-state index is -1.87. The van der Waals surface area contributed by atoms with Gasteiger partial charge in [0.05, 0.1) is 29.0 Å². The first-order chi connectivity index (χ1) is 17.5. The second kappa shape index (κ2) is 8.69. The zero-order chi connectivity index (χ0) is 26.7. The van der Waals surface area contributed by atoms with Gasteiger partial charge in [-0.15, -0.1) is 0 Å². The van der Waals surface area contributed by atoms with Gasteiger partial charge in [-0.05, 0) is 63.4 Å². The number of rotatable bonds is 5. The molecule has 37 heavy (non-hydrogen) atoms. The SMILES string of the molecule is CCc1c2c(nc3ccc(OCC(=O)OC(C)(C)C)cc13)-c1cc3c(c(=O)n1C2)COC(=O)[C@]3(O)CC. The van der Waals surface area contributed by atoms with E-state index in [1.54, 1.807) is 44.4 Å². The van der Waals surface area contributed by atoms with E-state index in [4.69, 9.17) is 19.2 Å². The quantitative estimate of drug-likeness (QED) is 0.410. The number of benzene rings is 1. The van der Waals surface area contributed by atoms with Gasteiger partial charge in [-0.25, -0.2) is 14.6 Å². The topological polar surface area (TPSA) is 117 Å². The van der Waals surface area contributed by atoms with Crippen LogP contribution in [0.5, 0.6) is 5.75 Å². The fourth-order valence-electron chi connectivity index (χ4n) is 5.15. The van der Waals surface area contributed by atoms with Crippen LogP contribution in [-0.4, -0.2) is 38.8 Å². The molecule has 3 aromatic rings. The van der Waals surface area contributed by atoms with E-state index in [1.165, 1.54) is 0 Å². The monoisotopic (exact) mass is 506 g/mol. The van der Waals surface area contributed by atoms with Crippen molar-refractivity contribution in [3.8, 4) is 17.1 Å². The molecular formula is C28H30N2O7. The van der Waals surface area contributed by atoms with Gasteiger partial charge in [0.2, 0.25) is 0 Å². The van der Waals surface area contributed by atoms with Crippen LogP contribution in [0.4, 0.5) is 0 Å². The van der Waals surface area contributed by atoms with Crippen LogP contribution < -0.4 is 10.3 Å². The summed E-state index contributed by atoms with van der Waals surface area (Å²) in [7, 11) is 0. The van der Waals surface area contributed by atoms with Crippen LogP contribution in [0, 0.1) is 0 Å². The second-order valence-corrected chi connectivity index (χ2v) is 10.4. The first-order valence-corrected chi connectivity index (χ1v) is 12.4. The summed E-state index contributed by atoms with van der Waals surface area (Å²) in [5.74, 6) is -0.685. The lowest BCUT2D eigenvalue weighted by atomic mass is 9.86. The Morgan fingerprint density at radius 1 is 1.19 bits per heavy atom. The Kier molecular flexibility index (Phi) is 5.86. The maximum absolute atomic E-state index is 13.4. The smallest absolute Gasteiger partial charge is 0.344 e. The number of aryl methyl sites for hydroxylation is 1. The number of aromatic nitrogens is 2. The van der Waals surface area contributed by atoms with E-state index < -0.39 is 23.1 Å². The molecule has 4 heterocycles. The maximum Gasteiger partial charge on any atom is 0.344 e. The zero-order valence-corrected chi connectivity index (χ0v) is 21.6. The Bertz CT molecular complexity index is 1520. The van der Waals surface area contributed by atoms with E-state index in [2.05, 4.69) is 0 Å². The molecule has 0 spiro atoms. The number of cyclic esters (lactones) is 1. The Labute approximate surface area is 214 Å². The first-order valence-electron chi connectivity index (χ1n) is 12.4. The summed E-state index contributed by atoms with van der Waals surface area (Å²) in [6.07, 6.45) is 0.770. The number of aliphatic hydroxyl groups is 1. The van der Waals surface area contributed by atoms with Crippen LogP contribution in [0.3, 0.4) is 0 Å². The van der Waals surface area contributed by atoms with Crippen molar-refractivity contribution in [2.45, 2.75) is 71.8 Å². The molecule has 0 saturated heterocycles. The van der Waals surface area contributed by atoms with Crippen molar-refractivity contribution < 1.29 is 28.9 Å². The molecule has 2 aliphatic rings. The Morgan fingerprint density at radius 3 is 2.62 bits per heavy atom. The summed E-state index contributed by atoms with van der Waals surface area (Å²) < 4.78 is 17.8. The van der Waals surface area contributed by atoms with Crippen molar-refractivity contribution in [3.63, 3.8) is 0 Å². The lowest BCUT2D eigenvalue weighted by molar-refractivity contribution is -0.172. The van der Waals surface area contributed by atoms with Gasteiger partial charge in [-0.1, -0.05) is 13.8 Å². The number of ether oxygens (including phenoxy) is 3. The fraction of sp³-hybridized carbons (Fsp3) is 0.429. The number of nitrogens with zero attached hydrogens (tertiary/aromatic N) is 2. The molecule has 0 aliphatic carbocycles. The molecule has 2 aromatic heterocycles. The number of pyridine rings is 2. The molecule has 5 rings (SSSR count). The summed E-state index contributed by atoms with van der Waals surface area (Å²) in [4.78, 5) is 42.8. The molecule has 0 fully saturated rings. The highest BCUT2D eigenvalue weighted by atomic mass is 16.6. The molecule has 0 radical (unpaired) electrons. The zero-order valence-electron chi connectivity index (χ0n) is 21.6. The Morgan fingerprint density at radius 2 is 1.95 bits per heavy atom. The van der Waals surface area contributed by atoms with Gasteiger partial charge in [0.25, 0.3) is 5.56 Å². The third-order valence-electron chi connectivity index (χ3n) is 6.91. The lowest BCUT2D eigenvalue weighted by Gasteiger charge is -2.31. The van der Waals surface area contributed by atoms with Crippen molar-refractivity contribution in [3.05, 3.63) is 56.9 Å². The number of hydrogen-bond donors (Lipinski definition) is 1. The molecule has 1 aromatic carbocycles. The third kappa shape index (κ3) is 4.07. The maximum atomic E-state index is 13.4. The summed E-state index contributed by atoms with van der Waals surface area (Å²) >= 11 is 0. The largest absolute Gasteiger partial charge is 0.482 e. The molecule has 0 saturated carbocycles. The van der Waals surface area contributed by atoms with Crippen LogP contribution in [0.1, 0.15) is 63.3 Å². The molecule has 2 aliphatic heterocycles. The van der Waals surface area contributed by atoms with Crippen molar-refractivity contribution >= 4 is 22.8 Å². The lowest BCUT2D eigenvalue weighted by Crippen LogP contribution is -2.44. The van der Waals surface area contributed by atoms with E-state index in [0.717, 1.165) is 16.5 Å². The van der Waals surface area contributed by atoms with E-state index >= 15 is 0 Å². The molecule has 194 valence electrons. The van der Waals surface area contributed by atoms with Crippen LogP contribution in [0.25, 0.3) is 22.3 Å². The minimum absolute atomic E-state index is 0.0893. The normalized spacial score (nSPS) is 18.2. The summed E-state index contributed by atoms with van der Waals surface area (Å²) in [5.41, 5.74) is 1.70. The number of carbonyl (C=O) groups excluding carboxylic acids is 2. The highest BCUT2D eigenvalue weighted by molar-refractivity contribution is 5.90. The number of carbonyl (C=O) groups is 2. The number of esters is 2. The van der Waals surface area contributed by atoms with Gasteiger partial charge in [-0.3, -0.25) is 4.79 Å². The molecule has 0 bridgehead atoms. The van der Waals surface area contributed by atoms with Gasteiger partial charge in [0, 0.05) is 16.5 Å². The average Bonchev–Trinajstić information content (AvgIpc) is 3.21. The van der Waals surface area contributed by atoms with Crippen LogP contribution in [0.15, 0.2) is 29.1 Å².